The zero-order valence-corrected chi connectivity index (χ0v) is 16.2. The van der Waals surface area contributed by atoms with Crippen LogP contribution in [-0.4, -0.2) is 51.0 Å². The number of anilines is 1. The molecule has 1 saturated heterocycles. The Morgan fingerprint density at radius 2 is 2.00 bits per heavy atom. The number of benzene rings is 1. The zero-order valence-electron chi connectivity index (χ0n) is 16.2. The quantitative estimate of drug-likeness (QED) is 0.658. The fraction of sp³-hybridized carbons (Fsp3) is 0.600. The van der Waals surface area contributed by atoms with Crippen LogP contribution in [0.15, 0.2) is 24.3 Å². The highest BCUT2D eigenvalue weighted by molar-refractivity contribution is 5.28. The average molecular weight is 374 g/mol. The van der Waals surface area contributed by atoms with Crippen molar-refractivity contribution in [2.24, 2.45) is 7.05 Å². The third-order valence-electron chi connectivity index (χ3n) is 4.82. The predicted octanol–water partition coefficient (Wildman–Crippen LogP) is 2.56. The number of hydrogen-bond donors (Lipinski definition) is 2. The lowest BCUT2D eigenvalue weighted by Crippen LogP contribution is -2.23. The summed E-state index contributed by atoms with van der Waals surface area (Å²) >= 11 is 0. The Morgan fingerprint density at radius 3 is 2.74 bits per heavy atom. The van der Waals surface area contributed by atoms with Crippen molar-refractivity contribution in [3.63, 3.8) is 0 Å². The highest BCUT2D eigenvalue weighted by Gasteiger charge is 2.10. The molecule has 148 valence electrons. The minimum Gasteiger partial charge on any atom is -0.494 e. The molecule has 0 radical (unpaired) electrons. The summed E-state index contributed by atoms with van der Waals surface area (Å²) in [4.78, 5) is 6.76. The van der Waals surface area contributed by atoms with Crippen LogP contribution in [0, 0.1) is 0 Å². The molecule has 0 atom stereocenters. The van der Waals surface area contributed by atoms with Crippen LogP contribution in [-0.2, 0) is 20.2 Å². The summed E-state index contributed by atoms with van der Waals surface area (Å²) in [5, 5.41) is 16.4. The van der Waals surface area contributed by atoms with Gasteiger partial charge in [0.2, 0.25) is 5.95 Å². The second-order valence-corrected chi connectivity index (χ2v) is 7.10. The molecule has 7 nitrogen and oxygen atoms in total. The van der Waals surface area contributed by atoms with E-state index in [0.29, 0.717) is 18.4 Å². The lowest BCUT2D eigenvalue weighted by molar-refractivity contribution is 0.271. The van der Waals surface area contributed by atoms with Gasteiger partial charge in [-0.25, -0.2) is 4.68 Å². The lowest BCUT2D eigenvalue weighted by atomic mass is 10.2. The number of ether oxygens (including phenoxy) is 1. The number of aliphatic hydroxyl groups excluding tert-OH is 1. The minimum absolute atomic E-state index is 0.146. The molecule has 2 N–H and O–H groups in total. The third kappa shape index (κ3) is 6.22. The summed E-state index contributed by atoms with van der Waals surface area (Å²) < 4.78 is 7.55. The number of nitrogens with zero attached hydrogens (tertiary/aromatic N) is 4. The van der Waals surface area contributed by atoms with Crippen molar-refractivity contribution in [1.29, 1.82) is 0 Å². The number of aryl methyl sites for hydroxylation is 1. The van der Waals surface area contributed by atoms with E-state index >= 15 is 0 Å². The summed E-state index contributed by atoms with van der Waals surface area (Å²) in [7, 11) is 1.81. The summed E-state index contributed by atoms with van der Waals surface area (Å²) in [6.45, 7) is 4.66. The lowest BCUT2D eigenvalue weighted by Gasteiger charge is -2.20. The van der Waals surface area contributed by atoms with Gasteiger partial charge in [0.25, 0.3) is 0 Å². The van der Waals surface area contributed by atoms with Crippen LogP contribution in [0.25, 0.3) is 0 Å². The summed E-state index contributed by atoms with van der Waals surface area (Å²) in [6.07, 6.45) is 6.22. The molecule has 2 heterocycles. The molecule has 0 aliphatic carbocycles. The maximum absolute atomic E-state index is 9.06. The average Bonchev–Trinajstić information content (AvgIpc) is 2.86. The van der Waals surface area contributed by atoms with Crippen molar-refractivity contribution in [1.82, 2.24) is 19.7 Å². The smallest absolute Gasteiger partial charge is 0.221 e. The van der Waals surface area contributed by atoms with Crippen molar-refractivity contribution in [3.05, 3.63) is 35.7 Å². The van der Waals surface area contributed by atoms with Gasteiger partial charge in [-0.2, -0.15) is 10.1 Å². The highest BCUT2D eigenvalue weighted by Crippen LogP contribution is 2.17. The zero-order chi connectivity index (χ0) is 18.9. The van der Waals surface area contributed by atoms with Gasteiger partial charge in [0.1, 0.15) is 12.4 Å². The maximum atomic E-state index is 9.06. The first-order valence-electron chi connectivity index (χ1n) is 9.93. The Balaban J connectivity index is 1.39. The SMILES string of the molecule is Cn1nc(CO)nc1NCCCOc1cccc(CN2CCCCCC2)c1. The standard InChI is InChI=1S/C20H31N5O2/c1-24-20(22-19(16-26)23-24)21-10-7-13-27-18-9-6-8-17(14-18)15-25-11-4-2-3-5-12-25/h6,8-9,14,26H,2-5,7,10-13,15-16H2,1H3,(H,21,22,23). The predicted molar refractivity (Wildman–Crippen MR) is 106 cm³/mol. The number of nitrogens with one attached hydrogen (secondary N) is 1. The van der Waals surface area contributed by atoms with Crippen LogP contribution in [0.4, 0.5) is 5.95 Å². The minimum atomic E-state index is -0.146. The fourth-order valence-electron chi connectivity index (χ4n) is 3.41. The molecule has 3 rings (SSSR count). The van der Waals surface area contributed by atoms with Crippen LogP contribution in [0.3, 0.4) is 0 Å². The van der Waals surface area contributed by atoms with Crippen molar-refractivity contribution in [2.45, 2.75) is 45.3 Å². The van der Waals surface area contributed by atoms with Crippen LogP contribution in [0.1, 0.15) is 43.5 Å². The van der Waals surface area contributed by atoms with E-state index < -0.39 is 0 Å². The number of aliphatic hydroxyl groups is 1. The van der Waals surface area contributed by atoms with E-state index in [9.17, 15) is 0 Å². The first-order valence-corrected chi connectivity index (χ1v) is 9.93. The summed E-state index contributed by atoms with van der Waals surface area (Å²) in [5.74, 6) is 2.03. The fourth-order valence-corrected chi connectivity index (χ4v) is 3.41. The highest BCUT2D eigenvalue weighted by atomic mass is 16.5. The molecule has 0 unspecified atom stereocenters. The van der Waals surface area contributed by atoms with Gasteiger partial charge in [-0.3, -0.25) is 4.90 Å². The van der Waals surface area contributed by atoms with Gasteiger partial charge in [0.05, 0.1) is 6.61 Å². The van der Waals surface area contributed by atoms with E-state index in [1.54, 1.807) is 11.7 Å². The van der Waals surface area contributed by atoms with E-state index in [0.717, 1.165) is 25.3 Å². The molecule has 1 aliphatic rings. The van der Waals surface area contributed by atoms with Gasteiger partial charge in [-0.1, -0.05) is 25.0 Å². The number of hydrogen-bond acceptors (Lipinski definition) is 6. The molecule has 7 heteroatoms. The number of likely N-dealkylation sites (tertiary alicyclic amines) is 1. The van der Waals surface area contributed by atoms with Gasteiger partial charge >= 0.3 is 0 Å². The van der Waals surface area contributed by atoms with Crippen LogP contribution in [0.2, 0.25) is 0 Å². The first kappa shape index (κ1) is 19.6. The summed E-state index contributed by atoms with van der Waals surface area (Å²) in [5.41, 5.74) is 1.32. The van der Waals surface area contributed by atoms with Gasteiger partial charge in [-0.05, 0) is 50.0 Å². The first-order chi connectivity index (χ1) is 13.2. The van der Waals surface area contributed by atoms with Gasteiger partial charge in [-0.15, -0.1) is 0 Å². The van der Waals surface area contributed by atoms with Crippen molar-refractivity contribution in [2.75, 3.05) is 31.6 Å². The molecular weight excluding hydrogens is 342 g/mol. The van der Waals surface area contributed by atoms with Crippen molar-refractivity contribution in [3.8, 4) is 5.75 Å². The number of aromatic nitrogens is 3. The van der Waals surface area contributed by atoms with Crippen molar-refractivity contribution < 1.29 is 9.84 Å². The molecule has 1 fully saturated rings. The Labute approximate surface area is 161 Å². The molecule has 1 aromatic carbocycles. The van der Waals surface area contributed by atoms with Crippen LogP contribution < -0.4 is 10.1 Å². The molecule has 0 amide bonds. The normalized spacial score (nSPS) is 15.5. The largest absolute Gasteiger partial charge is 0.494 e. The Bertz CT molecular complexity index is 695. The van der Waals surface area contributed by atoms with E-state index in [-0.39, 0.29) is 6.61 Å². The summed E-state index contributed by atoms with van der Waals surface area (Å²) in [6, 6.07) is 8.45. The molecule has 0 saturated carbocycles. The number of rotatable bonds is 9. The van der Waals surface area contributed by atoms with Crippen LogP contribution in [0.5, 0.6) is 5.75 Å². The van der Waals surface area contributed by atoms with Gasteiger partial charge < -0.3 is 15.2 Å². The second kappa shape index (κ2) is 10.3. The van der Waals surface area contributed by atoms with E-state index in [1.165, 1.54) is 44.3 Å². The second-order valence-electron chi connectivity index (χ2n) is 7.10. The molecule has 1 aliphatic heterocycles. The Morgan fingerprint density at radius 1 is 1.19 bits per heavy atom. The molecule has 2 aromatic rings. The van der Waals surface area contributed by atoms with E-state index in [2.05, 4.69) is 38.5 Å². The topological polar surface area (TPSA) is 75.4 Å². The molecule has 0 spiro atoms. The van der Waals surface area contributed by atoms with Gasteiger partial charge in [0.15, 0.2) is 5.82 Å². The van der Waals surface area contributed by atoms with E-state index in [4.69, 9.17) is 9.84 Å². The van der Waals surface area contributed by atoms with Gasteiger partial charge in [0, 0.05) is 20.1 Å². The maximum Gasteiger partial charge on any atom is 0.221 e. The van der Waals surface area contributed by atoms with E-state index in [1.807, 2.05) is 6.07 Å². The van der Waals surface area contributed by atoms with Crippen LogP contribution >= 0.6 is 0 Å². The Kier molecular flexibility index (Phi) is 7.47. The molecule has 27 heavy (non-hydrogen) atoms. The molecule has 1 aromatic heterocycles. The monoisotopic (exact) mass is 373 g/mol. The Hall–Kier alpha value is -2.12. The van der Waals surface area contributed by atoms with Crippen molar-refractivity contribution >= 4 is 5.95 Å². The third-order valence-corrected chi connectivity index (χ3v) is 4.82. The molecular formula is C20H31N5O2. The molecule has 0 bridgehead atoms.